The molecule has 0 radical (unpaired) electrons. The molecule has 1 aliphatic heterocycles. The minimum Gasteiger partial charge on any atom is -0.356 e. The SMILES string of the molecule is CCCCCCCCNC(=O)C1CCCN(C(=O)c2ccccc2)C1. The van der Waals surface area contributed by atoms with E-state index in [4.69, 9.17) is 0 Å². The number of carbonyl (C=O) groups is 2. The molecule has 1 fully saturated rings. The smallest absolute Gasteiger partial charge is 0.253 e. The van der Waals surface area contributed by atoms with Crippen LogP contribution in [0.5, 0.6) is 0 Å². The quantitative estimate of drug-likeness (QED) is 0.688. The first-order valence-corrected chi connectivity index (χ1v) is 9.84. The Labute approximate surface area is 152 Å². The van der Waals surface area contributed by atoms with Crippen LogP contribution in [-0.4, -0.2) is 36.3 Å². The van der Waals surface area contributed by atoms with Gasteiger partial charge in [-0.05, 0) is 31.4 Å². The van der Waals surface area contributed by atoms with E-state index in [-0.39, 0.29) is 17.7 Å². The van der Waals surface area contributed by atoms with Crippen LogP contribution in [0, 0.1) is 5.92 Å². The second-order valence-corrected chi connectivity index (χ2v) is 7.02. The fourth-order valence-corrected chi connectivity index (χ4v) is 3.40. The topological polar surface area (TPSA) is 49.4 Å². The minimum absolute atomic E-state index is 0.0361. The highest BCUT2D eigenvalue weighted by molar-refractivity contribution is 5.94. The number of piperidine rings is 1. The van der Waals surface area contributed by atoms with Crippen molar-refractivity contribution >= 4 is 11.8 Å². The lowest BCUT2D eigenvalue weighted by atomic mass is 9.96. The van der Waals surface area contributed by atoms with E-state index in [0.29, 0.717) is 12.1 Å². The number of amides is 2. The molecule has 0 saturated carbocycles. The maximum atomic E-state index is 12.5. The van der Waals surface area contributed by atoms with Crippen molar-refractivity contribution in [3.05, 3.63) is 35.9 Å². The van der Waals surface area contributed by atoms with E-state index in [0.717, 1.165) is 32.4 Å². The number of carbonyl (C=O) groups excluding carboxylic acids is 2. The van der Waals surface area contributed by atoms with Crippen LogP contribution in [0.25, 0.3) is 0 Å². The van der Waals surface area contributed by atoms with Crippen molar-refractivity contribution in [2.45, 2.75) is 58.3 Å². The highest BCUT2D eigenvalue weighted by atomic mass is 16.2. The summed E-state index contributed by atoms with van der Waals surface area (Å²) in [5, 5.41) is 3.07. The third-order valence-corrected chi connectivity index (χ3v) is 4.93. The molecule has 1 atom stereocenters. The molecule has 0 aromatic heterocycles. The normalized spacial score (nSPS) is 17.3. The first-order chi connectivity index (χ1) is 12.2. The monoisotopic (exact) mass is 344 g/mol. The highest BCUT2D eigenvalue weighted by Gasteiger charge is 2.28. The van der Waals surface area contributed by atoms with E-state index >= 15 is 0 Å². The lowest BCUT2D eigenvalue weighted by Gasteiger charge is -2.32. The van der Waals surface area contributed by atoms with Crippen LogP contribution in [0.2, 0.25) is 0 Å². The zero-order chi connectivity index (χ0) is 17.9. The minimum atomic E-state index is -0.0681. The Morgan fingerprint density at radius 2 is 1.80 bits per heavy atom. The van der Waals surface area contributed by atoms with Gasteiger partial charge in [0.15, 0.2) is 0 Å². The maximum Gasteiger partial charge on any atom is 0.253 e. The summed E-state index contributed by atoms with van der Waals surface area (Å²) in [5.74, 6) is 0.0784. The van der Waals surface area contributed by atoms with Gasteiger partial charge in [-0.3, -0.25) is 9.59 Å². The number of rotatable bonds is 9. The summed E-state index contributed by atoms with van der Waals surface area (Å²) < 4.78 is 0. The number of nitrogens with one attached hydrogen (secondary N) is 1. The number of benzene rings is 1. The molecule has 2 amide bonds. The Hall–Kier alpha value is -1.84. The Kier molecular flexibility index (Phi) is 8.50. The summed E-state index contributed by atoms with van der Waals surface area (Å²) in [6.45, 7) is 4.26. The maximum absolute atomic E-state index is 12.5. The van der Waals surface area contributed by atoms with E-state index in [9.17, 15) is 9.59 Å². The number of hydrogen-bond acceptors (Lipinski definition) is 2. The molecular weight excluding hydrogens is 312 g/mol. The molecule has 138 valence electrons. The van der Waals surface area contributed by atoms with Crippen molar-refractivity contribution in [1.29, 1.82) is 0 Å². The highest BCUT2D eigenvalue weighted by Crippen LogP contribution is 2.19. The molecule has 1 heterocycles. The molecule has 2 rings (SSSR count). The Morgan fingerprint density at radius 1 is 1.08 bits per heavy atom. The van der Waals surface area contributed by atoms with Gasteiger partial charge in [-0.2, -0.15) is 0 Å². The number of unbranched alkanes of at least 4 members (excludes halogenated alkanes) is 5. The molecule has 1 aromatic rings. The Morgan fingerprint density at radius 3 is 2.56 bits per heavy atom. The van der Waals surface area contributed by atoms with Gasteiger partial charge in [0.1, 0.15) is 0 Å². The van der Waals surface area contributed by atoms with Crippen LogP contribution in [-0.2, 0) is 4.79 Å². The number of nitrogens with zero attached hydrogens (tertiary/aromatic N) is 1. The molecule has 0 spiro atoms. The first-order valence-electron chi connectivity index (χ1n) is 9.84. The molecule has 1 N–H and O–H groups in total. The fraction of sp³-hybridized carbons (Fsp3) is 0.619. The fourth-order valence-electron chi connectivity index (χ4n) is 3.40. The Bertz CT molecular complexity index is 530. The van der Waals surface area contributed by atoms with Gasteiger partial charge in [-0.1, -0.05) is 57.2 Å². The largest absolute Gasteiger partial charge is 0.356 e. The summed E-state index contributed by atoms with van der Waals surface area (Å²) in [4.78, 5) is 26.8. The average Bonchev–Trinajstić information content (AvgIpc) is 2.67. The second kappa shape index (κ2) is 10.9. The molecule has 1 saturated heterocycles. The van der Waals surface area contributed by atoms with Crippen LogP contribution < -0.4 is 5.32 Å². The summed E-state index contributed by atoms with van der Waals surface area (Å²) in [6, 6.07) is 9.34. The van der Waals surface area contributed by atoms with Crippen molar-refractivity contribution in [3.8, 4) is 0 Å². The molecular formula is C21H32N2O2. The van der Waals surface area contributed by atoms with Crippen molar-refractivity contribution in [2.75, 3.05) is 19.6 Å². The van der Waals surface area contributed by atoms with Crippen LogP contribution >= 0.6 is 0 Å². The molecule has 4 heteroatoms. The van der Waals surface area contributed by atoms with Crippen LogP contribution in [0.1, 0.15) is 68.6 Å². The standard InChI is InChI=1S/C21H32N2O2/c1-2-3-4-5-6-10-15-22-20(24)19-14-11-16-23(17-19)21(25)18-12-8-7-9-13-18/h7-9,12-13,19H,2-6,10-11,14-17H2,1H3,(H,22,24). The number of hydrogen-bond donors (Lipinski definition) is 1. The predicted molar refractivity (Wildman–Crippen MR) is 101 cm³/mol. The molecule has 0 aliphatic carbocycles. The number of likely N-dealkylation sites (tertiary alicyclic amines) is 1. The third kappa shape index (κ3) is 6.52. The zero-order valence-electron chi connectivity index (χ0n) is 15.5. The van der Waals surface area contributed by atoms with Crippen molar-refractivity contribution in [2.24, 2.45) is 5.92 Å². The summed E-state index contributed by atoms with van der Waals surface area (Å²) >= 11 is 0. The van der Waals surface area contributed by atoms with Gasteiger partial charge in [-0.15, -0.1) is 0 Å². The summed E-state index contributed by atoms with van der Waals surface area (Å²) in [5.41, 5.74) is 0.704. The average molecular weight is 344 g/mol. The third-order valence-electron chi connectivity index (χ3n) is 4.93. The second-order valence-electron chi connectivity index (χ2n) is 7.02. The Balaban J connectivity index is 1.71. The van der Waals surface area contributed by atoms with Gasteiger partial charge in [0.25, 0.3) is 5.91 Å². The molecule has 1 aromatic carbocycles. The molecule has 1 unspecified atom stereocenters. The van der Waals surface area contributed by atoms with Gasteiger partial charge in [-0.25, -0.2) is 0 Å². The van der Waals surface area contributed by atoms with E-state index < -0.39 is 0 Å². The molecule has 1 aliphatic rings. The van der Waals surface area contributed by atoms with E-state index in [1.165, 1.54) is 32.1 Å². The lowest BCUT2D eigenvalue weighted by molar-refractivity contribution is -0.126. The van der Waals surface area contributed by atoms with Crippen molar-refractivity contribution in [3.63, 3.8) is 0 Å². The van der Waals surface area contributed by atoms with Gasteiger partial charge in [0.05, 0.1) is 5.92 Å². The van der Waals surface area contributed by atoms with Crippen LogP contribution in [0.3, 0.4) is 0 Å². The van der Waals surface area contributed by atoms with Crippen molar-refractivity contribution in [1.82, 2.24) is 10.2 Å². The van der Waals surface area contributed by atoms with E-state index in [1.807, 2.05) is 35.2 Å². The van der Waals surface area contributed by atoms with Gasteiger partial charge >= 0.3 is 0 Å². The first kappa shape index (κ1) is 19.5. The summed E-state index contributed by atoms with van der Waals surface area (Å²) in [6.07, 6.45) is 9.12. The predicted octanol–water partition coefficient (Wildman–Crippen LogP) is 4.02. The molecule has 0 bridgehead atoms. The van der Waals surface area contributed by atoms with Gasteiger partial charge < -0.3 is 10.2 Å². The van der Waals surface area contributed by atoms with Crippen molar-refractivity contribution < 1.29 is 9.59 Å². The summed E-state index contributed by atoms with van der Waals surface area (Å²) in [7, 11) is 0. The van der Waals surface area contributed by atoms with Gasteiger partial charge in [0.2, 0.25) is 5.91 Å². The molecule has 4 nitrogen and oxygen atoms in total. The van der Waals surface area contributed by atoms with E-state index in [2.05, 4.69) is 12.2 Å². The van der Waals surface area contributed by atoms with Gasteiger partial charge in [0, 0.05) is 25.2 Å². The lowest BCUT2D eigenvalue weighted by Crippen LogP contribution is -2.45. The molecule has 25 heavy (non-hydrogen) atoms. The zero-order valence-corrected chi connectivity index (χ0v) is 15.5. The van der Waals surface area contributed by atoms with E-state index in [1.54, 1.807) is 0 Å². The van der Waals surface area contributed by atoms with Crippen LogP contribution in [0.4, 0.5) is 0 Å². The van der Waals surface area contributed by atoms with Crippen LogP contribution in [0.15, 0.2) is 30.3 Å².